The van der Waals surface area contributed by atoms with Crippen LogP contribution in [0.2, 0.25) is 0 Å². The Kier molecular flexibility index (Phi) is 5.83. The van der Waals surface area contributed by atoms with Gasteiger partial charge >= 0.3 is 6.18 Å². The Balaban J connectivity index is 2.73. The molecule has 0 aromatic heterocycles. The Morgan fingerprint density at radius 2 is 1.95 bits per heavy atom. The van der Waals surface area contributed by atoms with E-state index in [1.54, 1.807) is 12.1 Å². The topological polar surface area (TPSA) is 56.8 Å². The first kappa shape index (κ1) is 17.1. The van der Waals surface area contributed by atoms with Gasteiger partial charge in [0, 0.05) is 6.07 Å². The molecule has 1 atom stereocenters. The number of carbonyl (C=O) groups is 1. The molecule has 0 heterocycles. The van der Waals surface area contributed by atoms with Crippen molar-refractivity contribution in [2.45, 2.75) is 19.2 Å². The minimum Gasteiger partial charge on any atom is -0.497 e. The zero-order valence-corrected chi connectivity index (χ0v) is 11.8. The Bertz CT molecular complexity index is 491. The quantitative estimate of drug-likeness (QED) is 0.877. The molecule has 1 aromatic rings. The molecule has 0 spiro atoms. The zero-order chi connectivity index (χ0) is 16.0. The van der Waals surface area contributed by atoms with Crippen molar-refractivity contribution in [3.05, 3.63) is 18.2 Å². The Morgan fingerprint density at radius 3 is 2.48 bits per heavy atom. The highest BCUT2D eigenvalue weighted by molar-refractivity contribution is 5.95. The average molecular weight is 307 g/mol. The van der Waals surface area contributed by atoms with Gasteiger partial charge in [-0.25, -0.2) is 0 Å². The summed E-state index contributed by atoms with van der Waals surface area (Å²) in [4.78, 5) is 11.8. The van der Waals surface area contributed by atoms with Crippen LogP contribution in [0, 0.1) is 0 Å². The first-order valence-electron chi connectivity index (χ1n) is 5.98. The molecule has 1 aromatic carbocycles. The minimum absolute atomic E-state index is 0.282. The van der Waals surface area contributed by atoms with Gasteiger partial charge in [-0.15, -0.1) is 0 Å². The number of hydrogen-bond donors (Lipinski definition) is 1. The second-order valence-electron chi connectivity index (χ2n) is 4.12. The van der Waals surface area contributed by atoms with Crippen LogP contribution in [0.4, 0.5) is 18.9 Å². The number of halogens is 3. The van der Waals surface area contributed by atoms with Gasteiger partial charge in [0.2, 0.25) is 0 Å². The summed E-state index contributed by atoms with van der Waals surface area (Å²) in [7, 11) is 2.85. The lowest BCUT2D eigenvalue weighted by Crippen LogP contribution is -2.31. The van der Waals surface area contributed by atoms with E-state index in [1.807, 2.05) is 0 Å². The molecule has 0 saturated heterocycles. The van der Waals surface area contributed by atoms with Crippen molar-refractivity contribution in [3.63, 3.8) is 0 Å². The molecule has 0 aliphatic rings. The van der Waals surface area contributed by atoms with Crippen LogP contribution in [-0.2, 0) is 9.53 Å². The van der Waals surface area contributed by atoms with E-state index < -0.39 is 24.8 Å². The Hall–Kier alpha value is -1.96. The van der Waals surface area contributed by atoms with Gasteiger partial charge in [-0.1, -0.05) is 0 Å². The summed E-state index contributed by atoms with van der Waals surface area (Å²) in [5.41, 5.74) is 0.282. The molecule has 0 radical (unpaired) electrons. The molecule has 0 saturated carbocycles. The van der Waals surface area contributed by atoms with Crippen LogP contribution in [0.15, 0.2) is 18.2 Å². The van der Waals surface area contributed by atoms with Crippen LogP contribution < -0.4 is 14.8 Å². The number of methoxy groups -OCH3 is 2. The monoisotopic (exact) mass is 307 g/mol. The number of carbonyl (C=O) groups excluding carboxylic acids is 1. The summed E-state index contributed by atoms with van der Waals surface area (Å²) in [5.74, 6) is 0.105. The van der Waals surface area contributed by atoms with E-state index in [0.29, 0.717) is 11.5 Å². The van der Waals surface area contributed by atoms with Crippen molar-refractivity contribution in [1.82, 2.24) is 0 Å². The van der Waals surface area contributed by atoms with E-state index in [4.69, 9.17) is 9.47 Å². The third kappa shape index (κ3) is 5.50. The predicted octanol–water partition coefficient (Wildman–Crippen LogP) is 2.61. The molecule has 21 heavy (non-hydrogen) atoms. The number of alkyl halides is 3. The smallest absolute Gasteiger partial charge is 0.411 e. The molecular weight excluding hydrogens is 291 g/mol. The van der Waals surface area contributed by atoms with E-state index in [-0.39, 0.29) is 5.69 Å². The first-order valence-corrected chi connectivity index (χ1v) is 5.98. The van der Waals surface area contributed by atoms with Gasteiger partial charge in [-0.3, -0.25) is 4.79 Å². The summed E-state index contributed by atoms with van der Waals surface area (Å²) in [6.45, 7) is -0.259. The van der Waals surface area contributed by atoms with Crippen LogP contribution in [0.1, 0.15) is 6.92 Å². The molecule has 1 N–H and O–H groups in total. The van der Waals surface area contributed by atoms with Crippen molar-refractivity contribution < 1.29 is 32.2 Å². The van der Waals surface area contributed by atoms with Gasteiger partial charge in [0.15, 0.2) is 0 Å². The van der Waals surface area contributed by atoms with E-state index in [2.05, 4.69) is 10.1 Å². The summed E-state index contributed by atoms with van der Waals surface area (Å²) < 4.78 is 50.6. The van der Waals surface area contributed by atoms with Gasteiger partial charge in [0.25, 0.3) is 5.91 Å². The predicted molar refractivity (Wildman–Crippen MR) is 69.6 cm³/mol. The van der Waals surface area contributed by atoms with Crippen molar-refractivity contribution in [1.29, 1.82) is 0 Å². The molecule has 0 unspecified atom stereocenters. The lowest BCUT2D eigenvalue weighted by Gasteiger charge is -2.16. The Labute approximate surface area is 120 Å². The van der Waals surface area contributed by atoms with E-state index in [1.165, 1.54) is 27.2 Å². The maximum absolute atomic E-state index is 12.0. The molecule has 8 heteroatoms. The van der Waals surface area contributed by atoms with Gasteiger partial charge in [-0.05, 0) is 19.1 Å². The fourth-order valence-electron chi connectivity index (χ4n) is 1.44. The van der Waals surface area contributed by atoms with Crippen molar-refractivity contribution in [3.8, 4) is 11.5 Å². The lowest BCUT2D eigenvalue weighted by molar-refractivity contribution is -0.184. The highest BCUT2D eigenvalue weighted by Crippen LogP contribution is 2.29. The Morgan fingerprint density at radius 1 is 1.29 bits per heavy atom. The standard InChI is InChI=1S/C13H16F3NO4/c1-8(21-7-13(14,15)16)12(18)17-10-6-9(19-2)4-5-11(10)20-3/h4-6,8H,7H2,1-3H3,(H,17,18)/t8-/m0/s1. The highest BCUT2D eigenvalue weighted by atomic mass is 19.4. The number of ether oxygens (including phenoxy) is 3. The van der Waals surface area contributed by atoms with Gasteiger partial charge in [-0.2, -0.15) is 13.2 Å². The maximum atomic E-state index is 12.0. The fourth-order valence-corrected chi connectivity index (χ4v) is 1.44. The van der Waals surface area contributed by atoms with Gasteiger partial charge < -0.3 is 19.5 Å². The maximum Gasteiger partial charge on any atom is 0.411 e. The molecule has 0 bridgehead atoms. The lowest BCUT2D eigenvalue weighted by atomic mass is 10.2. The van der Waals surface area contributed by atoms with Gasteiger partial charge in [0.05, 0.1) is 19.9 Å². The van der Waals surface area contributed by atoms with Gasteiger partial charge in [0.1, 0.15) is 24.2 Å². The van der Waals surface area contributed by atoms with Crippen LogP contribution >= 0.6 is 0 Å². The highest BCUT2D eigenvalue weighted by Gasteiger charge is 2.30. The number of rotatable bonds is 6. The number of nitrogens with one attached hydrogen (secondary N) is 1. The molecule has 0 aliphatic carbocycles. The second kappa shape index (κ2) is 7.16. The third-order valence-corrected chi connectivity index (χ3v) is 2.53. The average Bonchev–Trinajstić information content (AvgIpc) is 2.43. The third-order valence-electron chi connectivity index (χ3n) is 2.53. The van der Waals surface area contributed by atoms with Crippen molar-refractivity contribution in [2.75, 3.05) is 26.1 Å². The van der Waals surface area contributed by atoms with Crippen LogP contribution in [-0.4, -0.2) is 39.0 Å². The van der Waals surface area contributed by atoms with Crippen LogP contribution in [0.3, 0.4) is 0 Å². The number of anilines is 1. The van der Waals surface area contributed by atoms with Crippen molar-refractivity contribution >= 4 is 11.6 Å². The number of benzene rings is 1. The number of hydrogen-bond acceptors (Lipinski definition) is 4. The SMILES string of the molecule is COc1ccc(OC)c(NC(=O)[C@H](C)OCC(F)(F)F)c1. The normalized spacial score (nSPS) is 12.7. The summed E-state index contributed by atoms with van der Waals surface area (Å²) in [6, 6.07) is 4.68. The molecular formula is C13H16F3NO4. The largest absolute Gasteiger partial charge is 0.497 e. The molecule has 118 valence electrons. The second-order valence-corrected chi connectivity index (χ2v) is 4.12. The van der Waals surface area contributed by atoms with E-state index in [9.17, 15) is 18.0 Å². The summed E-state index contributed by atoms with van der Waals surface area (Å²) in [6.07, 6.45) is -5.75. The summed E-state index contributed by atoms with van der Waals surface area (Å²) in [5, 5.41) is 2.44. The molecule has 5 nitrogen and oxygen atoms in total. The summed E-state index contributed by atoms with van der Waals surface area (Å²) >= 11 is 0. The minimum atomic E-state index is -4.48. The zero-order valence-electron chi connectivity index (χ0n) is 11.8. The molecule has 0 fully saturated rings. The van der Waals surface area contributed by atoms with E-state index in [0.717, 1.165) is 0 Å². The molecule has 0 aliphatic heterocycles. The first-order chi connectivity index (χ1) is 9.76. The van der Waals surface area contributed by atoms with Crippen LogP contribution in [0.25, 0.3) is 0 Å². The molecule has 1 amide bonds. The van der Waals surface area contributed by atoms with Crippen molar-refractivity contribution in [2.24, 2.45) is 0 Å². The van der Waals surface area contributed by atoms with Crippen LogP contribution in [0.5, 0.6) is 11.5 Å². The van der Waals surface area contributed by atoms with E-state index >= 15 is 0 Å². The number of amides is 1. The fraction of sp³-hybridized carbons (Fsp3) is 0.462. The molecule has 1 rings (SSSR count).